The molecule has 4 nitrogen and oxygen atoms in total. The molecule has 0 saturated carbocycles. The quantitative estimate of drug-likeness (QED) is 0.795. The number of hydrogen-bond donors (Lipinski definition) is 1. The summed E-state index contributed by atoms with van der Waals surface area (Å²) in [6.45, 7) is 10.2. The van der Waals surface area contributed by atoms with Crippen molar-refractivity contribution < 1.29 is 14.6 Å². The van der Waals surface area contributed by atoms with Gasteiger partial charge in [0, 0.05) is 12.6 Å². The van der Waals surface area contributed by atoms with Crippen LogP contribution in [-0.2, 0) is 4.79 Å². The van der Waals surface area contributed by atoms with Crippen LogP contribution in [0.1, 0.15) is 31.4 Å². The van der Waals surface area contributed by atoms with Gasteiger partial charge in [-0.3, -0.25) is 9.69 Å². The number of benzene rings is 1. The number of aryl methyl sites for hydroxylation is 2. The maximum atomic E-state index is 10.7. The van der Waals surface area contributed by atoms with Gasteiger partial charge in [0.2, 0.25) is 0 Å². The Hall–Kier alpha value is -1.55. The Morgan fingerprint density at radius 2 is 2.10 bits per heavy atom. The van der Waals surface area contributed by atoms with Crippen LogP contribution in [0.25, 0.3) is 0 Å². The second kappa shape index (κ2) is 7.90. The molecule has 1 rings (SSSR count). The lowest BCUT2D eigenvalue weighted by atomic mass is 10.1. The van der Waals surface area contributed by atoms with Crippen molar-refractivity contribution in [1.29, 1.82) is 0 Å². The van der Waals surface area contributed by atoms with Crippen LogP contribution in [0.15, 0.2) is 18.2 Å². The van der Waals surface area contributed by atoms with Crippen LogP contribution in [0.4, 0.5) is 0 Å². The molecule has 20 heavy (non-hydrogen) atoms. The summed E-state index contributed by atoms with van der Waals surface area (Å²) < 4.78 is 5.82. The zero-order chi connectivity index (χ0) is 15.1. The zero-order valence-electron chi connectivity index (χ0n) is 12.8. The van der Waals surface area contributed by atoms with Gasteiger partial charge in [0.15, 0.2) is 0 Å². The van der Waals surface area contributed by atoms with Gasteiger partial charge in [0.1, 0.15) is 12.4 Å². The first-order valence-electron chi connectivity index (χ1n) is 7.10. The average Bonchev–Trinajstić information content (AvgIpc) is 2.37. The van der Waals surface area contributed by atoms with Gasteiger partial charge in [0.25, 0.3) is 0 Å². The Kier molecular flexibility index (Phi) is 6.52. The van der Waals surface area contributed by atoms with Gasteiger partial charge in [-0.25, -0.2) is 0 Å². The normalized spacial score (nSPS) is 12.4. The highest BCUT2D eigenvalue weighted by atomic mass is 16.5. The Morgan fingerprint density at radius 3 is 2.70 bits per heavy atom. The molecule has 0 aromatic heterocycles. The van der Waals surface area contributed by atoms with Crippen molar-refractivity contribution in [3.8, 4) is 5.75 Å². The number of rotatable bonds is 8. The number of carboxylic acids is 1. The van der Waals surface area contributed by atoms with Crippen LogP contribution in [0.5, 0.6) is 5.75 Å². The number of likely N-dealkylation sites (N-methyl/N-ethyl adjacent to an activating group) is 1. The zero-order valence-corrected chi connectivity index (χ0v) is 12.8. The lowest BCUT2D eigenvalue weighted by molar-refractivity contribution is -0.138. The molecule has 0 fully saturated rings. The lowest BCUT2D eigenvalue weighted by Crippen LogP contribution is -2.37. The first-order chi connectivity index (χ1) is 9.43. The minimum Gasteiger partial charge on any atom is -0.492 e. The van der Waals surface area contributed by atoms with E-state index in [2.05, 4.69) is 17.0 Å². The van der Waals surface area contributed by atoms with Gasteiger partial charge in [-0.05, 0) is 44.5 Å². The fourth-order valence-corrected chi connectivity index (χ4v) is 2.21. The molecule has 1 aromatic carbocycles. The van der Waals surface area contributed by atoms with Gasteiger partial charge >= 0.3 is 5.97 Å². The van der Waals surface area contributed by atoms with Gasteiger partial charge in [-0.15, -0.1) is 0 Å². The van der Waals surface area contributed by atoms with Crippen molar-refractivity contribution in [1.82, 2.24) is 4.90 Å². The van der Waals surface area contributed by atoms with E-state index in [9.17, 15) is 4.79 Å². The summed E-state index contributed by atoms with van der Waals surface area (Å²) in [5.74, 6) is 0.151. The number of hydrogen-bond acceptors (Lipinski definition) is 3. The number of ether oxygens (including phenoxy) is 1. The van der Waals surface area contributed by atoms with Crippen LogP contribution in [0, 0.1) is 13.8 Å². The highest BCUT2D eigenvalue weighted by Crippen LogP contribution is 2.19. The standard InChI is InChI=1S/C16H25NO3/c1-5-17(14(4)11-16(18)19)8-9-20-15-10-12(2)6-7-13(15)3/h6-7,10,14H,5,8-9,11H2,1-4H3,(H,18,19). The molecule has 1 atom stereocenters. The molecule has 0 radical (unpaired) electrons. The minimum atomic E-state index is -0.758. The van der Waals surface area contributed by atoms with E-state index in [1.807, 2.05) is 33.8 Å². The van der Waals surface area contributed by atoms with E-state index >= 15 is 0 Å². The third-order valence-corrected chi connectivity index (χ3v) is 3.48. The molecule has 0 aliphatic heterocycles. The minimum absolute atomic E-state index is 0.0275. The monoisotopic (exact) mass is 279 g/mol. The number of carbonyl (C=O) groups is 1. The summed E-state index contributed by atoms with van der Waals surface area (Å²) in [5, 5.41) is 8.84. The van der Waals surface area contributed by atoms with Crippen molar-refractivity contribution in [3.05, 3.63) is 29.3 Å². The number of aliphatic carboxylic acids is 1. The third kappa shape index (κ3) is 5.21. The Morgan fingerprint density at radius 1 is 1.40 bits per heavy atom. The highest BCUT2D eigenvalue weighted by molar-refractivity contribution is 5.67. The summed E-state index contributed by atoms with van der Waals surface area (Å²) >= 11 is 0. The predicted molar refractivity (Wildman–Crippen MR) is 80.4 cm³/mol. The SMILES string of the molecule is CCN(CCOc1cc(C)ccc1C)C(C)CC(=O)O. The fraction of sp³-hybridized carbons (Fsp3) is 0.562. The molecule has 0 saturated heterocycles. The molecule has 0 amide bonds. The molecule has 0 heterocycles. The largest absolute Gasteiger partial charge is 0.492 e. The molecular weight excluding hydrogens is 254 g/mol. The Balaban J connectivity index is 2.49. The van der Waals surface area contributed by atoms with Crippen LogP contribution < -0.4 is 4.74 Å². The Bertz CT molecular complexity index is 445. The summed E-state index contributed by atoms with van der Waals surface area (Å²) in [5.41, 5.74) is 2.30. The van der Waals surface area contributed by atoms with E-state index in [0.717, 1.165) is 24.4 Å². The van der Waals surface area contributed by atoms with Gasteiger partial charge in [-0.1, -0.05) is 19.1 Å². The number of carboxylic acid groups (broad SMARTS) is 1. The van der Waals surface area contributed by atoms with Crippen molar-refractivity contribution >= 4 is 5.97 Å². The molecule has 1 N–H and O–H groups in total. The van der Waals surface area contributed by atoms with E-state index in [1.165, 1.54) is 5.56 Å². The first kappa shape index (κ1) is 16.5. The van der Waals surface area contributed by atoms with E-state index < -0.39 is 5.97 Å². The van der Waals surface area contributed by atoms with Crippen LogP contribution in [0.2, 0.25) is 0 Å². The summed E-state index contributed by atoms with van der Waals surface area (Å²) in [6.07, 6.45) is 0.164. The number of nitrogens with zero attached hydrogens (tertiary/aromatic N) is 1. The van der Waals surface area contributed by atoms with E-state index in [-0.39, 0.29) is 12.5 Å². The smallest absolute Gasteiger partial charge is 0.304 e. The third-order valence-electron chi connectivity index (χ3n) is 3.48. The van der Waals surface area contributed by atoms with E-state index in [1.54, 1.807) is 0 Å². The molecule has 0 spiro atoms. The van der Waals surface area contributed by atoms with Crippen LogP contribution in [-0.4, -0.2) is 41.7 Å². The van der Waals surface area contributed by atoms with Crippen LogP contribution >= 0.6 is 0 Å². The highest BCUT2D eigenvalue weighted by Gasteiger charge is 2.15. The van der Waals surface area contributed by atoms with Crippen molar-refractivity contribution in [2.75, 3.05) is 19.7 Å². The second-order valence-electron chi connectivity index (χ2n) is 5.19. The van der Waals surface area contributed by atoms with Gasteiger partial charge in [-0.2, -0.15) is 0 Å². The maximum absolute atomic E-state index is 10.7. The average molecular weight is 279 g/mol. The van der Waals surface area contributed by atoms with Crippen molar-refractivity contribution in [2.24, 2.45) is 0 Å². The molecule has 0 aliphatic rings. The second-order valence-corrected chi connectivity index (χ2v) is 5.19. The molecule has 1 unspecified atom stereocenters. The molecule has 112 valence electrons. The van der Waals surface area contributed by atoms with Gasteiger partial charge < -0.3 is 9.84 Å². The Labute approximate surface area is 121 Å². The topological polar surface area (TPSA) is 49.8 Å². The molecule has 1 aromatic rings. The first-order valence-corrected chi connectivity index (χ1v) is 7.10. The molecule has 0 aliphatic carbocycles. The van der Waals surface area contributed by atoms with Gasteiger partial charge in [0.05, 0.1) is 6.42 Å². The molecule has 0 bridgehead atoms. The predicted octanol–water partition coefficient (Wildman–Crippen LogP) is 2.87. The lowest BCUT2D eigenvalue weighted by Gasteiger charge is -2.26. The summed E-state index contributed by atoms with van der Waals surface area (Å²) in [7, 11) is 0. The van der Waals surface area contributed by atoms with Crippen molar-refractivity contribution in [2.45, 2.75) is 40.2 Å². The van der Waals surface area contributed by atoms with Crippen LogP contribution in [0.3, 0.4) is 0 Å². The molecule has 4 heteroatoms. The fourth-order valence-electron chi connectivity index (χ4n) is 2.21. The maximum Gasteiger partial charge on any atom is 0.304 e. The summed E-state index contributed by atoms with van der Waals surface area (Å²) in [4.78, 5) is 12.9. The molecular formula is C16H25NO3. The summed E-state index contributed by atoms with van der Waals surface area (Å²) in [6, 6.07) is 6.18. The van der Waals surface area contributed by atoms with Crippen molar-refractivity contribution in [3.63, 3.8) is 0 Å². The van der Waals surface area contributed by atoms with E-state index in [4.69, 9.17) is 9.84 Å². The van der Waals surface area contributed by atoms with E-state index in [0.29, 0.717) is 6.61 Å².